The largest absolute Gasteiger partial charge is 0.493 e. The number of carboxylic acid groups (broad SMARTS) is 1. The molecule has 0 atom stereocenters. The van der Waals surface area contributed by atoms with Crippen molar-refractivity contribution in [2.45, 2.75) is 0 Å². The van der Waals surface area contributed by atoms with E-state index in [9.17, 15) is 4.79 Å². The zero-order chi connectivity index (χ0) is 12.4. The third kappa shape index (κ3) is 1.75. The van der Waals surface area contributed by atoms with Gasteiger partial charge in [0.1, 0.15) is 0 Å². The molecule has 17 heavy (non-hydrogen) atoms. The van der Waals surface area contributed by atoms with Crippen LogP contribution in [0.5, 0.6) is 11.5 Å². The molecule has 0 aliphatic carbocycles. The lowest BCUT2D eigenvalue weighted by atomic mass is 10.1. The number of ether oxygens (including phenoxy) is 2. The van der Waals surface area contributed by atoms with Crippen molar-refractivity contribution in [3.05, 3.63) is 30.1 Å². The maximum absolute atomic E-state index is 11.1. The van der Waals surface area contributed by atoms with Crippen LogP contribution in [-0.4, -0.2) is 30.3 Å². The summed E-state index contributed by atoms with van der Waals surface area (Å²) in [6, 6.07) is 5.22. The van der Waals surface area contributed by atoms with Gasteiger partial charge < -0.3 is 14.6 Å². The van der Waals surface area contributed by atoms with Crippen molar-refractivity contribution in [3.63, 3.8) is 0 Å². The maximum atomic E-state index is 11.1. The number of carboxylic acids is 1. The number of nitrogens with zero attached hydrogens (tertiary/aromatic N) is 1. The molecule has 2 aromatic rings. The fourth-order valence-electron chi connectivity index (χ4n) is 1.74. The predicted octanol–water partition coefficient (Wildman–Crippen LogP) is 1.95. The van der Waals surface area contributed by atoms with E-state index in [0.717, 1.165) is 5.39 Å². The summed E-state index contributed by atoms with van der Waals surface area (Å²) in [6.45, 7) is 0. The van der Waals surface area contributed by atoms with Crippen LogP contribution in [0.25, 0.3) is 10.8 Å². The fraction of sp³-hybridized carbons (Fsp3) is 0.167. The molecule has 0 unspecified atom stereocenters. The highest BCUT2D eigenvalue weighted by Crippen LogP contribution is 2.36. The summed E-state index contributed by atoms with van der Waals surface area (Å²) in [5.74, 6) is -0.229. The number of rotatable bonds is 3. The van der Waals surface area contributed by atoms with Crippen molar-refractivity contribution in [3.8, 4) is 11.5 Å². The van der Waals surface area contributed by atoms with Crippen molar-refractivity contribution in [1.82, 2.24) is 4.98 Å². The zero-order valence-electron chi connectivity index (χ0n) is 9.43. The van der Waals surface area contributed by atoms with Crippen molar-refractivity contribution in [2.24, 2.45) is 0 Å². The molecule has 0 radical (unpaired) electrons. The number of aromatic carboxylic acids is 1. The second kappa shape index (κ2) is 4.29. The van der Waals surface area contributed by atoms with Gasteiger partial charge in [0.25, 0.3) is 0 Å². The molecule has 1 heterocycles. The van der Waals surface area contributed by atoms with Gasteiger partial charge in [-0.05, 0) is 17.5 Å². The lowest BCUT2D eigenvalue weighted by Crippen LogP contribution is -2.03. The summed E-state index contributed by atoms with van der Waals surface area (Å²) in [7, 11) is 2.97. The van der Waals surface area contributed by atoms with Gasteiger partial charge in [0, 0.05) is 6.20 Å². The molecule has 5 heteroatoms. The number of methoxy groups -OCH3 is 2. The normalized spacial score (nSPS) is 10.2. The number of fused-ring (bicyclic) bond motifs is 1. The molecule has 0 spiro atoms. The molecule has 0 aliphatic heterocycles. The summed E-state index contributed by atoms with van der Waals surface area (Å²) in [6.07, 6.45) is 1.46. The van der Waals surface area contributed by atoms with Crippen LogP contribution in [-0.2, 0) is 0 Å². The van der Waals surface area contributed by atoms with E-state index >= 15 is 0 Å². The first kappa shape index (κ1) is 11.2. The lowest BCUT2D eigenvalue weighted by Gasteiger charge is -2.11. The van der Waals surface area contributed by atoms with Crippen molar-refractivity contribution in [2.75, 3.05) is 14.2 Å². The van der Waals surface area contributed by atoms with Gasteiger partial charge in [-0.25, -0.2) is 9.78 Å². The molecule has 88 valence electrons. The molecule has 0 bridgehead atoms. The Balaban J connectivity index is 2.89. The second-order valence-corrected chi connectivity index (χ2v) is 3.36. The highest BCUT2D eigenvalue weighted by atomic mass is 16.5. The Labute approximate surface area is 97.6 Å². The van der Waals surface area contributed by atoms with E-state index in [4.69, 9.17) is 14.6 Å². The van der Waals surface area contributed by atoms with Crippen LogP contribution >= 0.6 is 0 Å². The molecule has 0 fully saturated rings. The third-order valence-corrected chi connectivity index (χ3v) is 2.47. The Morgan fingerprint density at radius 2 is 2.00 bits per heavy atom. The summed E-state index contributed by atoms with van der Waals surface area (Å²) in [5.41, 5.74) is -0.0433. The molecule has 1 N–H and O–H groups in total. The maximum Gasteiger partial charge on any atom is 0.355 e. The summed E-state index contributed by atoms with van der Waals surface area (Å²) in [4.78, 5) is 15.0. The first-order chi connectivity index (χ1) is 8.19. The fourth-order valence-corrected chi connectivity index (χ4v) is 1.74. The van der Waals surface area contributed by atoms with E-state index in [1.54, 1.807) is 18.2 Å². The molecule has 0 saturated heterocycles. The van der Waals surface area contributed by atoms with E-state index in [2.05, 4.69) is 4.98 Å². The number of aromatic nitrogens is 1. The first-order valence-electron chi connectivity index (χ1n) is 4.92. The smallest absolute Gasteiger partial charge is 0.355 e. The van der Waals surface area contributed by atoms with E-state index in [-0.39, 0.29) is 5.69 Å². The average Bonchev–Trinajstić information content (AvgIpc) is 2.36. The topological polar surface area (TPSA) is 68.7 Å². The molecule has 1 aromatic heterocycles. The number of carbonyl (C=O) groups is 1. The molecule has 0 aliphatic rings. The first-order valence-corrected chi connectivity index (χ1v) is 4.92. The summed E-state index contributed by atoms with van der Waals surface area (Å²) in [5, 5.41) is 10.3. The molecule has 5 nitrogen and oxygen atoms in total. The summed E-state index contributed by atoms with van der Waals surface area (Å²) < 4.78 is 10.3. The predicted molar refractivity (Wildman–Crippen MR) is 61.8 cm³/mol. The average molecular weight is 233 g/mol. The molecule has 0 saturated carbocycles. The Bertz CT molecular complexity index is 580. The second-order valence-electron chi connectivity index (χ2n) is 3.36. The van der Waals surface area contributed by atoms with Gasteiger partial charge in [-0.15, -0.1) is 0 Å². The molecular formula is C12H11NO4. The quantitative estimate of drug-likeness (QED) is 0.877. The van der Waals surface area contributed by atoms with Crippen LogP contribution in [0.1, 0.15) is 10.5 Å². The van der Waals surface area contributed by atoms with E-state index in [1.807, 2.05) is 0 Å². The van der Waals surface area contributed by atoms with Gasteiger partial charge >= 0.3 is 5.97 Å². The summed E-state index contributed by atoms with van der Waals surface area (Å²) >= 11 is 0. The lowest BCUT2D eigenvalue weighted by molar-refractivity contribution is 0.0692. The number of benzene rings is 1. The number of hydrogen-bond acceptors (Lipinski definition) is 4. The molecule has 1 aromatic carbocycles. The van der Waals surface area contributed by atoms with E-state index in [1.165, 1.54) is 20.4 Å². The van der Waals surface area contributed by atoms with E-state index in [0.29, 0.717) is 16.9 Å². The third-order valence-electron chi connectivity index (χ3n) is 2.47. The number of pyridine rings is 1. The van der Waals surface area contributed by atoms with Crippen LogP contribution in [0.15, 0.2) is 24.4 Å². The van der Waals surface area contributed by atoms with Gasteiger partial charge in [-0.1, -0.05) is 6.07 Å². The SMILES string of the molecule is COc1ccc2ccnc(C(=O)O)c2c1OC. The Kier molecular flexibility index (Phi) is 2.82. The van der Waals surface area contributed by atoms with Gasteiger partial charge in [0.15, 0.2) is 17.2 Å². The van der Waals surface area contributed by atoms with Crippen molar-refractivity contribution >= 4 is 16.7 Å². The Hall–Kier alpha value is -2.30. The van der Waals surface area contributed by atoms with Crippen LogP contribution < -0.4 is 9.47 Å². The van der Waals surface area contributed by atoms with Gasteiger partial charge in [0.05, 0.1) is 19.6 Å². The highest BCUT2D eigenvalue weighted by molar-refractivity contribution is 6.05. The van der Waals surface area contributed by atoms with Crippen LogP contribution in [0.3, 0.4) is 0 Å². The van der Waals surface area contributed by atoms with Crippen molar-refractivity contribution in [1.29, 1.82) is 0 Å². The van der Waals surface area contributed by atoms with E-state index < -0.39 is 5.97 Å². The van der Waals surface area contributed by atoms with Crippen molar-refractivity contribution < 1.29 is 19.4 Å². The Morgan fingerprint density at radius 1 is 1.24 bits per heavy atom. The molecule has 2 rings (SSSR count). The highest BCUT2D eigenvalue weighted by Gasteiger charge is 2.17. The van der Waals surface area contributed by atoms with Gasteiger partial charge in [-0.2, -0.15) is 0 Å². The minimum Gasteiger partial charge on any atom is -0.493 e. The van der Waals surface area contributed by atoms with Crippen LogP contribution in [0.2, 0.25) is 0 Å². The zero-order valence-corrected chi connectivity index (χ0v) is 9.43. The van der Waals surface area contributed by atoms with Crippen LogP contribution in [0, 0.1) is 0 Å². The van der Waals surface area contributed by atoms with Crippen LogP contribution in [0.4, 0.5) is 0 Å². The van der Waals surface area contributed by atoms with Gasteiger partial charge in [-0.3, -0.25) is 0 Å². The monoisotopic (exact) mass is 233 g/mol. The standard InChI is InChI=1S/C12H11NO4/c1-16-8-4-3-7-5-6-13-10(12(14)15)9(7)11(8)17-2/h3-6H,1-2H3,(H,14,15). The minimum absolute atomic E-state index is 0.0433. The Morgan fingerprint density at radius 3 is 2.59 bits per heavy atom. The molecule has 0 amide bonds. The van der Waals surface area contributed by atoms with Gasteiger partial charge in [0.2, 0.25) is 0 Å². The number of hydrogen-bond donors (Lipinski definition) is 1. The molecular weight excluding hydrogens is 222 g/mol. The minimum atomic E-state index is -1.10.